The molecule has 9 heterocycles. The minimum atomic E-state index is -0.846. The summed E-state index contributed by atoms with van der Waals surface area (Å²) >= 11 is 1.58. The number of fused-ring (bicyclic) bond motifs is 4. The van der Waals surface area contributed by atoms with Gasteiger partial charge in [0.1, 0.15) is 46.9 Å². The Morgan fingerprint density at radius 1 is 0.976 bits per heavy atom. The molecule has 4 aromatic heterocycles. The van der Waals surface area contributed by atoms with Crippen molar-refractivity contribution in [1.29, 1.82) is 0 Å². The summed E-state index contributed by atoms with van der Waals surface area (Å²) in [7, 11) is 0. The highest BCUT2D eigenvalue weighted by Crippen LogP contribution is 2.45. The van der Waals surface area contributed by atoms with Crippen molar-refractivity contribution in [3.63, 3.8) is 0 Å². The van der Waals surface area contributed by atoms with Crippen molar-refractivity contribution in [1.82, 2.24) is 45.1 Å². The summed E-state index contributed by atoms with van der Waals surface area (Å²) in [4.78, 5) is 71.6. The maximum Gasteiger partial charge on any atom is 0.410 e. The summed E-state index contributed by atoms with van der Waals surface area (Å²) in [6.07, 6.45) is 9.89. The lowest BCUT2D eigenvalue weighted by atomic mass is 9.72. The molecule has 0 saturated carbocycles. The molecule has 5 aliphatic rings. The van der Waals surface area contributed by atoms with Crippen LogP contribution in [0.15, 0.2) is 76.9 Å². The molecule has 3 amide bonds. The molecule has 2 unspecified atom stereocenters. The zero-order valence-electron chi connectivity index (χ0n) is 49.0. The quantitative estimate of drug-likeness (QED) is 0.0865. The van der Waals surface area contributed by atoms with Crippen molar-refractivity contribution in [3.05, 3.63) is 101 Å². The van der Waals surface area contributed by atoms with Crippen LogP contribution in [0.3, 0.4) is 0 Å². The van der Waals surface area contributed by atoms with Crippen LogP contribution >= 0.6 is 11.3 Å². The van der Waals surface area contributed by atoms with Gasteiger partial charge >= 0.3 is 12.1 Å². The molecule has 7 aromatic rings. The van der Waals surface area contributed by atoms with Gasteiger partial charge in [-0.25, -0.2) is 14.2 Å². The number of aromatic nitrogens is 5. The van der Waals surface area contributed by atoms with Gasteiger partial charge in [-0.05, 0) is 114 Å². The van der Waals surface area contributed by atoms with Gasteiger partial charge in [0.25, 0.3) is 0 Å². The van der Waals surface area contributed by atoms with E-state index >= 15 is 4.39 Å². The average molecular weight is 1170 g/mol. The van der Waals surface area contributed by atoms with Crippen LogP contribution in [-0.2, 0) is 14.3 Å². The first-order valence-corrected chi connectivity index (χ1v) is 30.3. The second-order valence-electron chi connectivity index (χ2n) is 25.1. The van der Waals surface area contributed by atoms with E-state index in [4.69, 9.17) is 30.4 Å². The summed E-state index contributed by atoms with van der Waals surface area (Å²) < 4.78 is 35.5. The molecule has 5 fully saturated rings. The average Bonchev–Trinajstić information content (AvgIpc) is 3.82. The SMILES string of the molecule is C#Cc1cccc2cc(O)cc(-c3ncc4c(N5CC6CCC(C5)N6C(=O)OC(C)(C)C)nc(OCCN5CCC6(CC5)CN(c5cc([C@H](C(=O)N7C[C@H](O)C[C@H]7C(=O)N[C@@H](C)c7ccc(-c8scnc8C)cc7)C(C)C)on5)C6)nc4c3F)c12. The monoisotopic (exact) mass is 1170 g/mol. The summed E-state index contributed by atoms with van der Waals surface area (Å²) in [5, 5.41) is 30.8. The number of β-amino-alcohol motifs (C(OH)–C–C–N with tert-alkyl or cyclic N) is 1. The summed E-state index contributed by atoms with van der Waals surface area (Å²) in [5.41, 5.74) is 5.03. The van der Waals surface area contributed by atoms with E-state index in [2.05, 4.69) is 41.1 Å². The molecular weight excluding hydrogens is 1100 g/mol. The molecule has 19 nitrogen and oxygen atoms in total. The van der Waals surface area contributed by atoms with Crippen LogP contribution in [0.2, 0.25) is 0 Å². The first-order valence-electron chi connectivity index (χ1n) is 29.4. The standard InChI is InChI=1S/C64H72FN11O8S/c1-9-39-11-10-12-42-25-45(77)26-47(53(39)42)55-54(65)56-48(29-66-55)58(73-30-43-17-18-44(31-73)76(43)62(81)83-63(6,7)8)70-61(69-56)82-24-23-72-21-19-64(20-22-72)33-74(34-64)51-28-50(84-71-51)52(36(2)3)60(80)75-32-46(78)27-49(75)59(79)68-37(4)40-13-15-41(16-14-40)57-38(5)67-35-85-57/h1,10-16,25-26,28-29,35-37,43-44,46,49,52,77-78H,17-24,27,30-34H2,2-8H3,(H,68,79)/t37-,43?,44?,46+,49-,52+/m0/s1. The highest BCUT2D eigenvalue weighted by molar-refractivity contribution is 7.13. The van der Waals surface area contributed by atoms with Crippen LogP contribution in [0.25, 0.3) is 43.4 Å². The van der Waals surface area contributed by atoms with E-state index in [1.165, 1.54) is 11.0 Å². The number of thiazole rings is 1. The predicted molar refractivity (Wildman–Crippen MR) is 322 cm³/mol. The van der Waals surface area contributed by atoms with Gasteiger partial charge in [0.05, 0.1) is 45.7 Å². The van der Waals surface area contributed by atoms with Gasteiger partial charge in [-0.15, -0.1) is 17.8 Å². The van der Waals surface area contributed by atoms with E-state index in [1.54, 1.807) is 41.8 Å². The molecule has 3 N–H and O–H groups in total. The number of likely N-dealkylation sites (tertiary alicyclic amines) is 2. The number of piperazine rings is 1. The fourth-order valence-corrected chi connectivity index (χ4v) is 14.2. The van der Waals surface area contributed by atoms with E-state index in [1.807, 2.05) is 89.2 Å². The van der Waals surface area contributed by atoms with Gasteiger partial charge < -0.3 is 44.2 Å². The molecule has 5 aliphatic heterocycles. The van der Waals surface area contributed by atoms with Crippen LogP contribution < -0.4 is 19.9 Å². The third-order valence-electron chi connectivity index (χ3n) is 17.7. The Bertz CT molecular complexity index is 3720. The van der Waals surface area contributed by atoms with Crippen LogP contribution in [0.4, 0.5) is 20.8 Å². The molecule has 3 aromatic carbocycles. The van der Waals surface area contributed by atoms with Crippen molar-refractivity contribution in [2.45, 2.75) is 122 Å². The lowest BCUT2D eigenvalue weighted by Gasteiger charge is -2.54. The number of benzene rings is 3. The van der Waals surface area contributed by atoms with Crippen molar-refractivity contribution in [3.8, 4) is 45.8 Å². The molecule has 5 saturated heterocycles. The van der Waals surface area contributed by atoms with E-state index < -0.39 is 29.5 Å². The number of amides is 3. The zero-order chi connectivity index (χ0) is 59.6. The number of aromatic hydroxyl groups is 1. The maximum atomic E-state index is 17.4. The Morgan fingerprint density at radius 2 is 1.72 bits per heavy atom. The van der Waals surface area contributed by atoms with Gasteiger partial charge in [0.2, 0.25) is 11.8 Å². The molecule has 6 atom stereocenters. The van der Waals surface area contributed by atoms with Gasteiger partial charge in [-0.2, -0.15) is 9.97 Å². The largest absolute Gasteiger partial charge is 0.508 e. The number of piperidine rings is 1. The molecule has 0 radical (unpaired) electrons. The molecule has 85 heavy (non-hydrogen) atoms. The number of phenolic OH excluding ortho intramolecular Hbond substituents is 1. The predicted octanol–water partition coefficient (Wildman–Crippen LogP) is 9.24. The molecule has 0 aliphatic carbocycles. The van der Waals surface area contributed by atoms with Crippen molar-refractivity contribution < 1.29 is 43.0 Å². The number of aryl methyl sites for hydroxylation is 1. The number of carbonyl (C=O) groups excluding carboxylic acids is 3. The third-order valence-corrected chi connectivity index (χ3v) is 18.7. The maximum absolute atomic E-state index is 17.4. The normalized spacial score (nSPS) is 21.1. The lowest BCUT2D eigenvalue weighted by molar-refractivity contribution is -0.141. The molecule has 444 valence electrons. The minimum Gasteiger partial charge on any atom is -0.508 e. The summed E-state index contributed by atoms with van der Waals surface area (Å²) in [6.45, 7) is 18.3. The van der Waals surface area contributed by atoms with Crippen LogP contribution in [0.1, 0.15) is 108 Å². The topological polar surface area (TPSA) is 216 Å². The lowest BCUT2D eigenvalue weighted by Crippen LogP contribution is -2.60. The number of aliphatic hydroxyl groups excluding tert-OH is 1. The van der Waals surface area contributed by atoms with Crippen LogP contribution in [0, 0.1) is 36.4 Å². The second kappa shape index (κ2) is 22.8. The van der Waals surface area contributed by atoms with E-state index in [0.29, 0.717) is 64.3 Å². The smallest absolute Gasteiger partial charge is 0.410 e. The number of carbonyl (C=O) groups is 3. The number of anilines is 2. The first-order chi connectivity index (χ1) is 40.7. The summed E-state index contributed by atoms with van der Waals surface area (Å²) in [6, 6.07) is 16.8. The number of pyridine rings is 1. The molecule has 2 bridgehead atoms. The van der Waals surface area contributed by atoms with Crippen LogP contribution in [0.5, 0.6) is 11.8 Å². The fourth-order valence-electron chi connectivity index (χ4n) is 13.4. The second-order valence-corrected chi connectivity index (χ2v) is 26.0. The van der Waals surface area contributed by atoms with Gasteiger partial charge in [-0.3, -0.25) is 24.4 Å². The highest BCUT2D eigenvalue weighted by atomic mass is 32.1. The Hall–Kier alpha value is -7.93. The number of nitrogens with one attached hydrogen (secondary N) is 1. The van der Waals surface area contributed by atoms with E-state index in [9.17, 15) is 24.6 Å². The zero-order valence-corrected chi connectivity index (χ0v) is 49.9. The fraction of sp³-hybridized carbons (Fsp3) is 0.469. The van der Waals surface area contributed by atoms with Crippen molar-refractivity contribution >= 4 is 62.6 Å². The number of terminal acetylenes is 1. The van der Waals surface area contributed by atoms with Crippen LogP contribution in [-0.4, -0.2) is 157 Å². The van der Waals surface area contributed by atoms with Gasteiger partial charge in [-0.1, -0.05) is 61.3 Å². The van der Waals surface area contributed by atoms with Gasteiger partial charge in [0.15, 0.2) is 17.4 Å². The number of phenols is 1. The third kappa shape index (κ3) is 11.3. The molecule has 12 rings (SSSR count). The Labute approximate surface area is 497 Å². The Morgan fingerprint density at radius 3 is 2.40 bits per heavy atom. The Kier molecular flexibility index (Phi) is 15.4. The van der Waals surface area contributed by atoms with E-state index in [-0.39, 0.29) is 89.9 Å². The van der Waals surface area contributed by atoms with Gasteiger partial charge in [0, 0.05) is 79.9 Å². The number of halogens is 1. The molecular formula is C64H72FN11O8S. The number of aliphatic hydroxyl groups is 1. The minimum absolute atomic E-state index is 0.00769. The van der Waals surface area contributed by atoms with E-state index in [0.717, 1.165) is 73.6 Å². The molecule has 21 heteroatoms. The number of nitrogens with zero attached hydrogens (tertiary/aromatic N) is 10. The number of hydrogen-bond acceptors (Lipinski definition) is 17. The van der Waals surface area contributed by atoms with Crippen molar-refractivity contribution in [2.75, 3.05) is 68.8 Å². The Balaban J connectivity index is 0.691. The highest BCUT2D eigenvalue weighted by Gasteiger charge is 2.48. The number of hydrogen-bond donors (Lipinski definition) is 3. The van der Waals surface area contributed by atoms with Crippen molar-refractivity contribution in [2.24, 2.45) is 11.3 Å². The summed E-state index contributed by atoms with van der Waals surface area (Å²) in [5.74, 6) is 1.96. The molecule has 1 spiro atoms. The number of ether oxygens (including phenoxy) is 2. The number of rotatable bonds is 14. The first kappa shape index (κ1) is 57.5.